The van der Waals surface area contributed by atoms with E-state index < -0.39 is 39.6 Å². The third-order valence-corrected chi connectivity index (χ3v) is 7.75. The molecule has 0 aliphatic carbocycles. The summed E-state index contributed by atoms with van der Waals surface area (Å²) in [5.41, 5.74) is 6.66. The molecular weight excluding hydrogens is 423 g/mol. The Labute approximate surface area is 177 Å². The van der Waals surface area contributed by atoms with E-state index in [4.69, 9.17) is 28.2 Å². The van der Waals surface area contributed by atoms with E-state index in [0.717, 1.165) is 0 Å². The summed E-state index contributed by atoms with van der Waals surface area (Å²) in [5, 5.41) is 0. The smallest absolute Gasteiger partial charge is 0.187 e. The highest BCUT2D eigenvalue weighted by Crippen LogP contribution is 2.31. The maximum atomic E-state index is 6.66. The first kappa shape index (κ1) is 26.7. The molecule has 1 heterocycles. The fourth-order valence-electron chi connectivity index (χ4n) is 2.95. The zero-order valence-electron chi connectivity index (χ0n) is 20.2. The lowest BCUT2D eigenvalue weighted by molar-refractivity contribution is -0.233. The first-order valence-electron chi connectivity index (χ1n) is 10.4. The number of hydrogen-bond donors (Lipinski definition) is 1. The summed E-state index contributed by atoms with van der Waals surface area (Å²) in [4.78, 5) is 0. The molecule has 5 unspecified atom stereocenters. The Morgan fingerprint density at radius 1 is 0.643 bits per heavy atom. The first-order chi connectivity index (χ1) is 12.3. The second-order valence-electron chi connectivity index (χ2n) is 11.7. The highest BCUT2D eigenvalue weighted by molar-refractivity contribution is 6.71. The predicted octanol–water partition coefficient (Wildman–Crippen LogP) is 4.18. The van der Waals surface area contributed by atoms with Gasteiger partial charge < -0.3 is 28.2 Å². The second kappa shape index (κ2) is 9.41. The van der Waals surface area contributed by atoms with Gasteiger partial charge in [-0.15, -0.1) is 0 Å². The Morgan fingerprint density at radius 2 is 1.07 bits per heavy atom. The predicted molar refractivity (Wildman–Crippen MR) is 127 cm³/mol. The molecular formula is C18H45NO5Si4. The third-order valence-electron chi connectivity index (χ3n) is 3.82. The molecule has 168 valence electrons. The van der Waals surface area contributed by atoms with E-state index in [0.29, 0.717) is 6.61 Å². The van der Waals surface area contributed by atoms with Crippen molar-refractivity contribution in [2.24, 2.45) is 5.73 Å². The molecule has 1 fully saturated rings. The van der Waals surface area contributed by atoms with Gasteiger partial charge in [-0.05, 0) is 78.6 Å². The van der Waals surface area contributed by atoms with E-state index in [1.807, 2.05) is 0 Å². The quantitative estimate of drug-likeness (QED) is 0.513. The Kier molecular flexibility index (Phi) is 8.96. The van der Waals surface area contributed by atoms with Crippen LogP contribution < -0.4 is 5.73 Å². The maximum Gasteiger partial charge on any atom is 0.187 e. The topological polar surface area (TPSA) is 72.2 Å². The Balaban J connectivity index is 3.23. The van der Waals surface area contributed by atoms with Crippen molar-refractivity contribution in [3.63, 3.8) is 0 Å². The molecule has 2 N–H and O–H groups in total. The van der Waals surface area contributed by atoms with E-state index in [9.17, 15) is 0 Å². The van der Waals surface area contributed by atoms with Crippen LogP contribution in [0.15, 0.2) is 0 Å². The third kappa shape index (κ3) is 10.1. The molecule has 1 aliphatic heterocycles. The molecule has 28 heavy (non-hydrogen) atoms. The summed E-state index contributed by atoms with van der Waals surface area (Å²) in [5.74, 6) is 0. The lowest BCUT2D eigenvalue weighted by atomic mass is 9.98. The van der Waals surface area contributed by atoms with Crippen molar-refractivity contribution in [1.29, 1.82) is 0 Å². The fourth-order valence-corrected chi connectivity index (χ4v) is 6.74. The Morgan fingerprint density at radius 3 is 1.46 bits per heavy atom. The second-order valence-corrected chi connectivity index (χ2v) is 29.6. The number of ether oxygens (including phenoxy) is 1. The van der Waals surface area contributed by atoms with Crippen LogP contribution in [-0.4, -0.2) is 70.5 Å². The van der Waals surface area contributed by atoms with Crippen LogP contribution in [0.4, 0.5) is 0 Å². The maximum absolute atomic E-state index is 6.66. The molecule has 0 aromatic carbocycles. The molecule has 5 atom stereocenters. The minimum atomic E-state index is -1.86. The van der Waals surface area contributed by atoms with Crippen molar-refractivity contribution >= 4 is 33.3 Å². The van der Waals surface area contributed by atoms with Crippen molar-refractivity contribution in [2.75, 3.05) is 6.61 Å². The van der Waals surface area contributed by atoms with Gasteiger partial charge in [-0.3, -0.25) is 0 Å². The molecule has 0 aromatic rings. The highest BCUT2D eigenvalue weighted by atomic mass is 28.4. The number of nitrogens with two attached hydrogens (primary N) is 1. The van der Waals surface area contributed by atoms with Crippen LogP contribution in [0.25, 0.3) is 0 Å². The standard InChI is InChI=1S/C18H45NO5Si4/c1-25(2,3)20-13-14-16(22-26(4,5)6)17(23-27(7,8)9)15(19)18(21-14)24-28(10,11)12/h14-18H,13,19H2,1-12H3. The highest BCUT2D eigenvalue weighted by Gasteiger charge is 2.50. The van der Waals surface area contributed by atoms with Crippen LogP contribution in [0, 0.1) is 0 Å². The van der Waals surface area contributed by atoms with Crippen LogP contribution >= 0.6 is 0 Å². The lowest BCUT2D eigenvalue weighted by Gasteiger charge is -2.49. The van der Waals surface area contributed by atoms with Crippen molar-refractivity contribution in [1.82, 2.24) is 0 Å². The van der Waals surface area contributed by atoms with E-state index in [1.54, 1.807) is 0 Å². The van der Waals surface area contributed by atoms with E-state index in [-0.39, 0.29) is 24.4 Å². The molecule has 0 saturated carbocycles. The SMILES string of the molecule is C[Si](C)(C)OCC1OC(O[Si](C)(C)C)C(N)C(O[Si](C)(C)C)C1O[Si](C)(C)C. The monoisotopic (exact) mass is 467 g/mol. The minimum absolute atomic E-state index is 0.244. The zero-order chi connectivity index (χ0) is 22.1. The molecule has 0 radical (unpaired) electrons. The van der Waals surface area contributed by atoms with Crippen molar-refractivity contribution < 1.29 is 22.4 Å². The molecule has 10 heteroatoms. The summed E-state index contributed by atoms with van der Waals surface area (Å²) < 4.78 is 32.1. The molecule has 0 amide bonds. The van der Waals surface area contributed by atoms with Crippen LogP contribution in [0.5, 0.6) is 0 Å². The summed E-state index contributed by atoms with van der Waals surface area (Å²) in [6.45, 7) is 26.6. The summed E-state index contributed by atoms with van der Waals surface area (Å²) in [6, 6.07) is -0.386. The van der Waals surface area contributed by atoms with Gasteiger partial charge in [-0.1, -0.05) is 0 Å². The molecule has 6 nitrogen and oxygen atoms in total. The van der Waals surface area contributed by atoms with Gasteiger partial charge in [0.2, 0.25) is 0 Å². The molecule has 1 aliphatic rings. The average Bonchev–Trinajstić information content (AvgIpc) is 2.39. The van der Waals surface area contributed by atoms with E-state index in [1.165, 1.54) is 0 Å². The van der Waals surface area contributed by atoms with Gasteiger partial charge in [0.1, 0.15) is 12.2 Å². The van der Waals surface area contributed by atoms with Crippen molar-refractivity contribution in [3.8, 4) is 0 Å². The minimum Gasteiger partial charge on any atom is -0.415 e. The largest absolute Gasteiger partial charge is 0.415 e. The zero-order valence-corrected chi connectivity index (χ0v) is 24.2. The van der Waals surface area contributed by atoms with Crippen LogP contribution in [0.3, 0.4) is 0 Å². The summed E-state index contributed by atoms with van der Waals surface area (Å²) >= 11 is 0. The van der Waals surface area contributed by atoms with E-state index in [2.05, 4.69) is 78.6 Å². The normalized spacial score (nSPS) is 30.5. The fraction of sp³-hybridized carbons (Fsp3) is 1.00. The van der Waals surface area contributed by atoms with Crippen LogP contribution in [-0.2, 0) is 22.4 Å². The Hall–Kier alpha value is 0.628. The molecule has 0 aromatic heterocycles. The van der Waals surface area contributed by atoms with Gasteiger partial charge in [0.05, 0.1) is 18.8 Å². The van der Waals surface area contributed by atoms with Crippen LogP contribution in [0.1, 0.15) is 0 Å². The number of rotatable bonds is 9. The first-order valence-corrected chi connectivity index (χ1v) is 24.0. The number of hydrogen-bond acceptors (Lipinski definition) is 6. The van der Waals surface area contributed by atoms with Crippen molar-refractivity contribution in [3.05, 3.63) is 0 Å². The Bertz CT molecular complexity index is 480. The molecule has 1 saturated heterocycles. The van der Waals surface area contributed by atoms with Gasteiger partial charge in [0.15, 0.2) is 39.6 Å². The van der Waals surface area contributed by atoms with E-state index >= 15 is 0 Å². The van der Waals surface area contributed by atoms with Crippen molar-refractivity contribution in [2.45, 2.75) is 109 Å². The summed E-state index contributed by atoms with van der Waals surface area (Å²) in [7, 11) is -7.26. The van der Waals surface area contributed by atoms with Gasteiger partial charge in [-0.2, -0.15) is 0 Å². The van der Waals surface area contributed by atoms with Gasteiger partial charge in [0, 0.05) is 0 Å². The van der Waals surface area contributed by atoms with Gasteiger partial charge in [0.25, 0.3) is 0 Å². The van der Waals surface area contributed by atoms with Gasteiger partial charge >= 0.3 is 0 Å². The summed E-state index contributed by atoms with van der Waals surface area (Å²) in [6.07, 6.45) is -1.25. The van der Waals surface area contributed by atoms with Gasteiger partial charge in [-0.25, -0.2) is 0 Å². The van der Waals surface area contributed by atoms with Crippen LogP contribution in [0.2, 0.25) is 78.6 Å². The molecule has 0 bridgehead atoms. The molecule has 0 spiro atoms. The lowest BCUT2D eigenvalue weighted by Crippen LogP contribution is -2.68. The average molecular weight is 468 g/mol. The molecule has 1 rings (SSSR count).